The Morgan fingerprint density at radius 1 is 0.944 bits per heavy atom. The van der Waals surface area contributed by atoms with Crippen LogP contribution in [0.4, 0.5) is 0 Å². The summed E-state index contributed by atoms with van der Waals surface area (Å²) < 4.78 is 0. The maximum absolute atomic E-state index is 6.28. The summed E-state index contributed by atoms with van der Waals surface area (Å²) in [5, 5.41) is 4.81. The van der Waals surface area contributed by atoms with Crippen LogP contribution >= 0.6 is 23.2 Å². The second-order valence-electron chi connectivity index (χ2n) is 4.09. The molecule has 0 aliphatic carbocycles. The first-order valence-electron chi connectivity index (χ1n) is 5.96. The second kappa shape index (κ2) is 6.24. The molecule has 0 bridgehead atoms. The lowest BCUT2D eigenvalue weighted by Crippen LogP contribution is -2.11. The number of hydrogen-bond acceptors (Lipinski definition) is 1. The Hall–Kier alpha value is -1.02. The van der Waals surface area contributed by atoms with Crippen molar-refractivity contribution in [3.05, 3.63) is 58.1 Å². The number of rotatable bonds is 4. The Bertz CT molecular complexity index is 521. The molecule has 0 amide bonds. The summed E-state index contributed by atoms with van der Waals surface area (Å²) in [6, 6.07) is 13.9. The van der Waals surface area contributed by atoms with Gasteiger partial charge in [0.2, 0.25) is 0 Å². The van der Waals surface area contributed by atoms with E-state index in [4.69, 9.17) is 23.2 Å². The average molecular weight is 280 g/mol. The van der Waals surface area contributed by atoms with Gasteiger partial charge < -0.3 is 5.32 Å². The zero-order valence-electron chi connectivity index (χ0n) is 10.2. The summed E-state index contributed by atoms with van der Waals surface area (Å²) in [7, 11) is 0. The Balaban J connectivity index is 2.25. The van der Waals surface area contributed by atoms with Crippen LogP contribution in [-0.2, 0) is 6.54 Å². The van der Waals surface area contributed by atoms with Gasteiger partial charge in [0.15, 0.2) is 0 Å². The topological polar surface area (TPSA) is 12.0 Å². The minimum Gasteiger partial charge on any atom is -0.313 e. The van der Waals surface area contributed by atoms with Crippen molar-refractivity contribution < 1.29 is 0 Å². The molecule has 0 aliphatic rings. The van der Waals surface area contributed by atoms with Crippen LogP contribution in [0.2, 0.25) is 10.0 Å². The zero-order chi connectivity index (χ0) is 13.0. The van der Waals surface area contributed by atoms with Gasteiger partial charge >= 0.3 is 0 Å². The van der Waals surface area contributed by atoms with Crippen molar-refractivity contribution >= 4 is 23.2 Å². The number of benzene rings is 2. The van der Waals surface area contributed by atoms with E-state index in [1.54, 1.807) is 0 Å². The molecule has 0 heterocycles. The van der Waals surface area contributed by atoms with E-state index in [1.165, 1.54) is 0 Å². The monoisotopic (exact) mass is 279 g/mol. The first-order chi connectivity index (χ1) is 8.70. The number of halogens is 2. The SMILES string of the molecule is CCNCc1ccc(-c2ccc(Cl)cc2)cc1Cl. The average Bonchev–Trinajstić information content (AvgIpc) is 2.38. The van der Waals surface area contributed by atoms with E-state index in [1.807, 2.05) is 30.3 Å². The van der Waals surface area contributed by atoms with Gasteiger partial charge in [0, 0.05) is 16.6 Å². The predicted octanol–water partition coefficient (Wildman–Crippen LogP) is 4.77. The molecule has 94 valence electrons. The van der Waals surface area contributed by atoms with Crippen LogP contribution in [0.3, 0.4) is 0 Å². The normalized spacial score (nSPS) is 10.6. The molecule has 3 heteroatoms. The van der Waals surface area contributed by atoms with Gasteiger partial charge in [0.05, 0.1) is 0 Å². The van der Waals surface area contributed by atoms with Gasteiger partial charge in [0.1, 0.15) is 0 Å². The quantitative estimate of drug-likeness (QED) is 0.850. The molecule has 0 unspecified atom stereocenters. The third kappa shape index (κ3) is 3.26. The molecule has 18 heavy (non-hydrogen) atoms. The van der Waals surface area contributed by atoms with Gasteiger partial charge in [0.25, 0.3) is 0 Å². The summed E-state index contributed by atoms with van der Waals surface area (Å²) in [5.74, 6) is 0. The lowest BCUT2D eigenvalue weighted by Gasteiger charge is -2.08. The Labute approximate surface area is 118 Å². The first-order valence-corrected chi connectivity index (χ1v) is 6.71. The summed E-state index contributed by atoms with van der Waals surface area (Å²) in [4.78, 5) is 0. The van der Waals surface area contributed by atoms with Gasteiger partial charge in [-0.25, -0.2) is 0 Å². The highest BCUT2D eigenvalue weighted by molar-refractivity contribution is 6.31. The van der Waals surface area contributed by atoms with E-state index in [2.05, 4.69) is 24.4 Å². The minimum absolute atomic E-state index is 0.744. The van der Waals surface area contributed by atoms with E-state index < -0.39 is 0 Å². The number of hydrogen-bond donors (Lipinski definition) is 1. The zero-order valence-corrected chi connectivity index (χ0v) is 11.7. The van der Waals surface area contributed by atoms with Crippen molar-refractivity contribution in [2.45, 2.75) is 13.5 Å². The van der Waals surface area contributed by atoms with Gasteiger partial charge in [-0.3, -0.25) is 0 Å². The van der Waals surface area contributed by atoms with Crippen LogP contribution in [0.1, 0.15) is 12.5 Å². The van der Waals surface area contributed by atoms with Crippen LogP contribution in [-0.4, -0.2) is 6.54 Å². The van der Waals surface area contributed by atoms with E-state index in [0.717, 1.165) is 39.8 Å². The molecule has 0 spiro atoms. The van der Waals surface area contributed by atoms with Gasteiger partial charge in [-0.05, 0) is 41.4 Å². The van der Waals surface area contributed by atoms with E-state index in [9.17, 15) is 0 Å². The summed E-state index contributed by atoms with van der Waals surface area (Å²) in [5.41, 5.74) is 3.35. The maximum Gasteiger partial charge on any atom is 0.0457 e. The highest BCUT2D eigenvalue weighted by Crippen LogP contribution is 2.26. The van der Waals surface area contributed by atoms with Crippen LogP contribution in [0.15, 0.2) is 42.5 Å². The fourth-order valence-electron chi connectivity index (χ4n) is 1.77. The lowest BCUT2D eigenvalue weighted by molar-refractivity contribution is 0.727. The highest BCUT2D eigenvalue weighted by atomic mass is 35.5. The fraction of sp³-hybridized carbons (Fsp3) is 0.200. The van der Waals surface area contributed by atoms with Crippen molar-refractivity contribution in [1.29, 1.82) is 0 Å². The molecule has 2 aromatic rings. The molecule has 0 saturated carbocycles. The van der Waals surface area contributed by atoms with Crippen molar-refractivity contribution in [2.24, 2.45) is 0 Å². The number of nitrogens with one attached hydrogen (secondary N) is 1. The maximum atomic E-state index is 6.28. The molecular formula is C15H15Cl2N. The van der Waals surface area contributed by atoms with Gasteiger partial charge in [-0.2, -0.15) is 0 Å². The van der Waals surface area contributed by atoms with E-state index in [-0.39, 0.29) is 0 Å². The molecule has 0 saturated heterocycles. The largest absolute Gasteiger partial charge is 0.313 e. The molecule has 0 fully saturated rings. The Kier molecular flexibility index (Phi) is 4.65. The third-order valence-corrected chi connectivity index (χ3v) is 3.40. The van der Waals surface area contributed by atoms with Crippen LogP contribution in [0.5, 0.6) is 0 Å². The van der Waals surface area contributed by atoms with Crippen molar-refractivity contribution in [2.75, 3.05) is 6.54 Å². The van der Waals surface area contributed by atoms with Gasteiger partial charge in [-0.1, -0.05) is 54.4 Å². The van der Waals surface area contributed by atoms with Crippen LogP contribution < -0.4 is 5.32 Å². The smallest absolute Gasteiger partial charge is 0.0457 e. The summed E-state index contributed by atoms with van der Waals surface area (Å²) >= 11 is 12.2. The van der Waals surface area contributed by atoms with Crippen LogP contribution in [0, 0.1) is 0 Å². The molecule has 2 aromatic carbocycles. The lowest BCUT2D eigenvalue weighted by atomic mass is 10.0. The van der Waals surface area contributed by atoms with Crippen molar-refractivity contribution in [3.8, 4) is 11.1 Å². The Morgan fingerprint density at radius 2 is 1.61 bits per heavy atom. The highest BCUT2D eigenvalue weighted by Gasteiger charge is 2.03. The molecule has 0 atom stereocenters. The van der Waals surface area contributed by atoms with Crippen LogP contribution in [0.25, 0.3) is 11.1 Å². The van der Waals surface area contributed by atoms with E-state index in [0.29, 0.717) is 0 Å². The summed E-state index contributed by atoms with van der Waals surface area (Å²) in [6.07, 6.45) is 0. The molecule has 1 N–H and O–H groups in total. The minimum atomic E-state index is 0.744. The van der Waals surface area contributed by atoms with E-state index >= 15 is 0 Å². The van der Waals surface area contributed by atoms with Crippen molar-refractivity contribution in [3.63, 3.8) is 0 Å². The standard InChI is InChI=1S/C15H15Cl2N/c1-2-18-10-13-4-3-12(9-15(13)17)11-5-7-14(16)8-6-11/h3-9,18H,2,10H2,1H3. The molecule has 0 aromatic heterocycles. The molecular weight excluding hydrogens is 265 g/mol. The summed E-state index contributed by atoms with van der Waals surface area (Å²) in [6.45, 7) is 3.82. The molecule has 1 nitrogen and oxygen atoms in total. The third-order valence-electron chi connectivity index (χ3n) is 2.80. The predicted molar refractivity (Wildman–Crippen MR) is 79.3 cm³/mol. The molecule has 2 rings (SSSR count). The van der Waals surface area contributed by atoms with Crippen molar-refractivity contribution in [1.82, 2.24) is 5.32 Å². The molecule has 0 aliphatic heterocycles. The molecule has 0 radical (unpaired) electrons. The second-order valence-corrected chi connectivity index (χ2v) is 4.94. The van der Waals surface area contributed by atoms with Gasteiger partial charge in [-0.15, -0.1) is 0 Å². The first kappa shape index (κ1) is 13.4. The fourth-order valence-corrected chi connectivity index (χ4v) is 2.15. The Morgan fingerprint density at radius 3 is 2.22 bits per heavy atom.